The standard InChI is InChI=1S/C59H63NO9/c1-37(61)68-54-33-48(69-57(65)59(21-9-6-10-22-59)46-18-16-42-25-47(62)32-50(49(42)31-46)41-15-11-14-39(24-41)36-60-2)26-44(40-17-19-52(63)55(29-40)66-3)34-58(23-20-38-12-7-5-8-13-38)35-45-28-53(64)56(67-4)30-43(45)27-51(54)58/h5,7-8,11-20,23-25,28-32,44,48,51,54,60,62-64H,6,9-10,21-22,26-27,33-36H2,1-4H3. The van der Waals surface area contributed by atoms with E-state index in [0.29, 0.717) is 56.6 Å². The molecule has 5 unspecified atom stereocenters. The van der Waals surface area contributed by atoms with Crippen LogP contribution in [-0.4, -0.2) is 60.7 Å². The van der Waals surface area contributed by atoms with Crippen LogP contribution in [-0.2, 0) is 43.9 Å². The highest BCUT2D eigenvalue weighted by molar-refractivity contribution is 5.99. The molecule has 10 heteroatoms. The number of ether oxygens (including phenoxy) is 4. The molecule has 0 aliphatic heterocycles. The van der Waals surface area contributed by atoms with E-state index < -0.39 is 29.0 Å². The highest BCUT2D eigenvalue weighted by atomic mass is 16.6. The summed E-state index contributed by atoms with van der Waals surface area (Å²) in [4.78, 5) is 28.9. The molecule has 0 amide bonds. The van der Waals surface area contributed by atoms with Gasteiger partial charge in [-0.15, -0.1) is 0 Å². The number of carbonyl (C=O) groups is 2. The second-order valence-corrected chi connectivity index (χ2v) is 19.5. The van der Waals surface area contributed by atoms with Crippen molar-refractivity contribution < 1.29 is 43.9 Å². The number of nitrogens with one attached hydrogen (secondary N) is 1. The molecule has 5 atom stereocenters. The van der Waals surface area contributed by atoms with E-state index in [1.807, 2.05) is 61.6 Å². The van der Waals surface area contributed by atoms with Crippen molar-refractivity contribution in [2.24, 2.45) is 11.3 Å². The van der Waals surface area contributed by atoms with E-state index in [2.05, 4.69) is 53.9 Å². The Morgan fingerprint density at radius 3 is 2.30 bits per heavy atom. The average Bonchev–Trinajstić information content (AvgIpc) is 3.35. The van der Waals surface area contributed by atoms with Crippen molar-refractivity contribution in [1.82, 2.24) is 5.32 Å². The quantitative estimate of drug-likeness (QED) is 0.0876. The van der Waals surface area contributed by atoms with Crippen LogP contribution in [0.2, 0.25) is 0 Å². The molecule has 10 nitrogen and oxygen atoms in total. The normalized spacial score (nSPS) is 22.1. The topological polar surface area (TPSA) is 144 Å². The molecule has 0 aromatic heterocycles. The number of allylic oxidation sites excluding steroid dienone is 1. The number of benzene rings is 6. The second-order valence-electron chi connectivity index (χ2n) is 19.5. The number of rotatable bonds is 12. The maximum atomic E-state index is 15.6. The van der Waals surface area contributed by atoms with Gasteiger partial charge in [-0.25, -0.2) is 0 Å². The van der Waals surface area contributed by atoms with Crippen LogP contribution in [0.1, 0.15) is 97.6 Å². The minimum absolute atomic E-state index is 0.0243. The largest absolute Gasteiger partial charge is 0.508 e. The lowest BCUT2D eigenvalue weighted by Crippen LogP contribution is -2.49. The summed E-state index contributed by atoms with van der Waals surface area (Å²) < 4.78 is 24.7. The molecular weight excluding hydrogens is 867 g/mol. The van der Waals surface area contributed by atoms with Crippen LogP contribution >= 0.6 is 0 Å². The van der Waals surface area contributed by atoms with Gasteiger partial charge in [0.15, 0.2) is 23.0 Å². The Morgan fingerprint density at radius 1 is 0.768 bits per heavy atom. The Balaban J connectivity index is 1.16. The predicted molar refractivity (Wildman–Crippen MR) is 269 cm³/mol. The molecule has 0 radical (unpaired) electrons. The number of carbonyl (C=O) groups excluding carboxylic acids is 2. The molecular formula is C59H63NO9. The van der Waals surface area contributed by atoms with Gasteiger partial charge >= 0.3 is 11.9 Å². The van der Waals surface area contributed by atoms with Crippen LogP contribution in [0.5, 0.6) is 28.7 Å². The molecule has 4 N–H and O–H groups in total. The van der Waals surface area contributed by atoms with E-state index >= 15 is 4.79 Å². The first kappa shape index (κ1) is 47.3. The van der Waals surface area contributed by atoms with Gasteiger partial charge in [-0.2, -0.15) is 0 Å². The second kappa shape index (κ2) is 20.1. The summed E-state index contributed by atoms with van der Waals surface area (Å²) >= 11 is 0. The van der Waals surface area contributed by atoms with Crippen molar-refractivity contribution >= 4 is 28.8 Å². The molecule has 2 fully saturated rings. The number of hydrogen-bond donors (Lipinski definition) is 4. The monoisotopic (exact) mass is 929 g/mol. The third kappa shape index (κ3) is 9.77. The Kier molecular flexibility index (Phi) is 13.7. The molecule has 0 heterocycles. The summed E-state index contributed by atoms with van der Waals surface area (Å²) in [6.45, 7) is 2.14. The maximum absolute atomic E-state index is 15.6. The smallest absolute Gasteiger partial charge is 0.316 e. The van der Waals surface area contributed by atoms with Gasteiger partial charge in [0.25, 0.3) is 0 Å². The van der Waals surface area contributed by atoms with Crippen LogP contribution in [0.3, 0.4) is 0 Å². The van der Waals surface area contributed by atoms with Crippen LogP contribution in [0.4, 0.5) is 0 Å². The summed E-state index contributed by atoms with van der Waals surface area (Å²) in [5.41, 5.74) is 6.19. The van der Waals surface area contributed by atoms with Crippen molar-refractivity contribution in [3.8, 4) is 39.9 Å². The lowest BCUT2D eigenvalue weighted by Gasteiger charge is -2.50. The molecule has 6 aromatic rings. The number of aromatic hydroxyl groups is 3. The first-order valence-corrected chi connectivity index (χ1v) is 24.3. The van der Waals surface area contributed by atoms with Gasteiger partial charge in [0.1, 0.15) is 18.0 Å². The summed E-state index contributed by atoms with van der Waals surface area (Å²) in [7, 11) is 4.99. The predicted octanol–water partition coefficient (Wildman–Crippen LogP) is 11.5. The summed E-state index contributed by atoms with van der Waals surface area (Å²) in [5, 5.41) is 37.9. The number of hydrogen-bond acceptors (Lipinski definition) is 10. The fourth-order valence-electron chi connectivity index (χ4n) is 11.9. The Morgan fingerprint density at radius 2 is 1.55 bits per heavy atom. The zero-order valence-corrected chi connectivity index (χ0v) is 40.0. The van der Waals surface area contributed by atoms with Gasteiger partial charge in [-0.3, -0.25) is 9.59 Å². The average molecular weight is 930 g/mol. The van der Waals surface area contributed by atoms with Crippen molar-refractivity contribution in [3.63, 3.8) is 0 Å². The van der Waals surface area contributed by atoms with E-state index in [1.54, 1.807) is 24.3 Å². The minimum atomic E-state index is -0.948. The third-order valence-electron chi connectivity index (χ3n) is 15.2. The molecule has 6 aromatic carbocycles. The van der Waals surface area contributed by atoms with E-state index in [9.17, 15) is 20.1 Å². The zero-order valence-electron chi connectivity index (χ0n) is 40.0. The van der Waals surface area contributed by atoms with E-state index in [0.717, 1.165) is 74.5 Å². The third-order valence-corrected chi connectivity index (χ3v) is 15.2. The highest BCUT2D eigenvalue weighted by Gasteiger charge is 2.51. The van der Waals surface area contributed by atoms with Crippen molar-refractivity contribution in [3.05, 3.63) is 155 Å². The molecule has 9 rings (SSSR count). The van der Waals surface area contributed by atoms with Gasteiger partial charge in [-0.1, -0.05) is 98.1 Å². The molecule has 0 bridgehead atoms. The van der Waals surface area contributed by atoms with Gasteiger partial charge in [0.2, 0.25) is 0 Å². The van der Waals surface area contributed by atoms with Gasteiger partial charge < -0.3 is 39.6 Å². The van der Waals surface area contributed by atoms with E-state index in [1.165, 1.54) is 21.1 Å². The summed E-state index contributed by atoms with van der Waals surface area (Å²) in [5.74, 6) is -0.248. The number of esters is 2. The minimum Gasteiger partial charge on any atom is -0.508 e. The van der Waals surface area contributed by atoms with Crippen LogP contribution < -0.4 is 14.8 Å². The molecule has 3 aliphatic rings. The van der Waals surface area contributed by atoms with E-state index in [-0.39, 0.29) is 41.5 Å². The zero-order chi connectivity index (χ0) is 48.3. The van der Waals surface area contributed by atoms with Gasteiger partial charge in [0, 0.05) is 25.8 Å². The van der Waals surface area contributed by atoms with E-state index in [4.69, 9.17) is 18.9 Å². The summed E-state index contributed by atoms with van der Waals surface area (Å²) in [6, 6.07) is 37.3. The van der Waals surface area contributed by atoms with Crippen LogP contribution in [0.15, 0.2) is 121 Å². The Labute approximate surface area is 404 Å². The maximum Gasteiger partial charge on any atom is 0.316 e. The molecule has 2 saturated carbocycles. The van der Waals surface area contributed by atoms with Gasteiger partial charge in [0.05, 0.1) is 19.6 Å². The lowest BCUT2D eigenvalue weighted by molar-refractivity contribution is -0.166. The number of methoxy groups -OCH3 is 2. The van der Waals surface area contributed by atoms with Crippen LogP contribution in [0, 0.1) is 11.3 Å². The SMILES string of the molecule is CNCc1cccc(-c2cc(O)cc3ccc(C4(C(=O)OC5CC(c6ccc(O)c(OC)c6)CC6(C=Cc7ccccc7)Cc7cc(O)c(OC)cc7CC6C(OC(C)=O)C5)CCCCC4)cc23)c1. The first-order chi connectivity index (χ1) is 33.4. The fraction of sp³-hybridized carbons (Fsp3) is 0.356. The number of fused-ring (bicyclic) bond motifs is 3. The van der Waals surface area contributed by atoms with Crippen molar-refractivity contribution in [1.29, 1.82) is 0 Å². The molecule has 0 saturated heterocycles. The van der Waals surface area contributed by atoms with Crippen molar-refractivity contribution in [2.75, 3.05) is 21.3 Å². The Hall–Kier alpha value is -6.78. The number of phenolic OH excluding ortho intramolecular Hbond substituents is 3. The van der Waals surface area contributed by atoms with Crippen molar-refractivity contribution in [2.45, 2.75) is 101 Å². The lowest BCUT2D eigenvalue weighted by atomic mass is 9.56. The molecule has 0 spiro atoms. The van der Waals surface area contributed by atoms with Crippen LogP contribution in [0.25, 0.3) is 28.0 Å². The molecule has 3 aliphatic carbocycles. The molecule has 358 valence electrons. The van der Waals surface area contributed by atoms with Gasteiger partial charge in [-0.05, 0) is 161 Å². The summed E-state index contributed by atoms with van der Waals surface area (Å²) in [6.07, 6.45) is 9.31. The first-order valence-electron chi connectivity index (χ1n) is 24.3. The number of phenols is 3. The Bertz CT molecular complexity index is 2870. The molecule has 69 heavy (non-hydrogen) atoms. The fourth-order valence-corrected chi connectivity index (χ4v) is 11.9. The highest BCUT2D eigenvalue weighted by Crippen LogP contribution is 2.55.